The second kappa shape index (κ2) is 7.11. The zero-order chi connectivity index (χ0) is 18.7. The third-order valence-corrected chi connectivity index (χ3v) is 3.55. The lowest BCUT2D eigenvalue weighted by Gasteiger charge is -2.10. The van der Waals surface area contributed by atoms with E-state index in [1.165, 1.54) is 13.2 Å². The van der Waals surface area contributed by atoms with Crippen LogP contribution in [0.15, 0.2) is 51.3 Å². The van der Waals surface area contributed by atoms with E-state index >= 15 is 0 Å². The van der Waals surface area contributed by atoms with E-state index in [-0.39, 0.29) is 12.4 Å². The Balaban J connectivity index is 1.88. The number of rotatable bonds is 6. The van der Waals surface area contributed by atoms with Crippen molar-refractivity contribution in [1.82, 2.24) is 0 Å². The Bertz CT molecular complexity index is 958. The van der Waals surface area contributed by atoms with Gasteiger partial charge in [-0.15, -0.1) is 0 Å². The number of nitro groups is 1. The van der Waals surface area contributed by atoms with Gasteiger partial charge in [0.05, 0.1) is 18.9 Å². The summed E-state index contributed by atoms with van der Waals surface area (Å²) in [5, 5.41) is 22.3. The Morgan fingerprint density at radius 1 is 1.23 bits per heavy atom. The van der Waals surface area contributed by atoms with Gasteiger partial charge in [0.1, 0.15) is 28.8 Å². The fraction of sp³-hybridized carbons (Fsp3) is 0.118. The molecule has 9 heteroatoms. The number of ether oxygens (including phenoxy) is 1. The molecular weight excluding hydrogens is 344 g/mol. The highest BCUT2D eigenvalue weighted by atomic mass is 16.6. The standard InChI is InChI=1S/C17H14N2O7/c1-24-14-4-2-10(13-5-3-11(9-20)25-13)8-12(14)18-17(21)15-6-7-16(26-15)19(22)23/h2-8,20H,9H2,1H3,(H,18,21). The van der Waals surface area contributed by atoms with E-state index in [0.717, 1.165) is 6.07 Å². The molecule has 0 aliphatic heterocycles. The predicted molar refractivity (Wildman–Crippen MR) is 89.9 cm³/mol. The minimum absolute atomic E-state index is 0.204. The normalized spacial score (nSPS) is 10.5. The van der Waals surface area contributed by atoms with Gasteiger partial charge in [0.2, 0.25) is 0 Å². The molecular formula is C17H14N2O7. The van der Waals surface area contributed by atoms with Crippen molar-refractivity contribution in [3.63, 3.8) is 0 Å². The highest BCUT2D eigenvalue weighted by Crippen LogP contribution is 2.32. The van der Waals surface area contributed by atoms with E-state index in [0.29, 0.717) is 28.5 Å². The Kier molecular flexibility index (Phi) is 4.72. The molecule has 9 nitrogen and oxygen atoms in total. The van der Waals surface area contributed by atoms with E-state index < -0.39 is 16.7 Å². The van der Waals surface area contributed by atoms with Gasteiger partial charge in [-0.3, -0.25) is 14.9 Å². The molecule has 3 aromatic rings. The quantitative estimate of drug-likeness (QED) is 0.511. The number of furan rings is 2. The summed E-state index contributed by atoms with van der Waals surface area (Å²) < 4.78 is 15.6. The first-order valence-corrected chi connectivity index (χ1v) is 7.45. The number of aliphatic hydroxyl groups is 1. The van der Waals surface area contributed by atoms with Gasteiger partial charge in [-0.25, -0.2) is 0 Å². The maximum absolute atomic E-state index is 12.3. The molecule has 0 aliphatic carbocycles. The zero-order valence-corrected chi connectivity index (χ0v) is 13.6. The molecule has 26 heavy (non-hydrogen) atoms. The first kappa shape index (κ1) is 17.2. The highest BCUT2D eigenvalue weighted by molar-refractivity contribution is 6.03. The maximum Gasteiger partial charge on any atom is 0.433 e. The summed E-state index contributed by atoms with van der Waals surface area (Å²) >= 11 is 0. The number of hydrogen-bond donors (Lipinski definition) is 2. The van der Waals surface area contributed by atoms with Crippen LogP contribution in [0.25, 0.3) is 11.3 Å². The summed E-state index contributed by atoms with van der Waals surface area (Å²) in [5.41, 5.74) is 0.974. The Hall–Kier alpha value is -3.59. The monoisotopic (exact) mass is 358 g/mol. The Labute approximate surface area is 147 Å². The molecule has 0 bridgehead atoms. The lowest BCUT2D eigenvalue weighted by atomic mass is 10.1. The van der Waals surface area contributed by atoms with Crippen molar-refractivity contribution in [2.75, 3.05) is 12.4 Å². The average molecular weight is 358 g/mol. The Morgan fingerprint density at radius 3 is 2.65 bits per heavy atom. The molecule has 0 atom stereocenters. The van der Waals surface area contributed by atoms with Crippen LogP contribution in [0.1, 0.15) is 16.3 Å². The topological polar surface area (TPSA) is 128 Å². The van der Waals surface area contributed by atoms with Gasteiger partial charge in [0, 0.05) is 5.56 Å². The van der Waals surface area contributed by atoms with Crippen LogP contribution in [0.5, 0.6) is 5.75 Å². The zero-order valence-electron chi connectivity index (χ0n) is 13.6. The maximum atomic E-state index is 12.3. The summed E-state index contributed by atoms with van der Waals surface area (Å²) in [6, 6.07) is 10.6. The molecule has 0 radical (unpaired) electrons. The summed E-state index contributed by atoms with van der Waals surface area (Å²) in [4.78, 5) is 22.2. The Morgan fingerprint density at radius 2 is 2.04 bits per heavy atom. The lowest BCUT2D eigenvalue weighted by Crippen LogP contribution is -2.11. The van der Waals surface area contributed by atoms with E-state index in [9.17, 15) is 14.9 Å². The van der Waals surface area contributed by atoms with E-state index in [1.54, 1.807) is 30.3 Å². The number of benzene rings is 1. The van der Waals surface area contributed by atoms with E-state index in [2.05, 4.69) is 5.32 Å². The van der Waals surface area contributed by atoms with Crippen LogP contribution in [-0.2, 0) is 6.61 Å². The van der Waals surface area contributed by atoms with Crippen molar-refractivity contribution in [3.05, 3.63) is 64.1 Å². The van der Waals surface area contributed by atoms with Crippen LogP contribution in [0.2, 0.25) is 0 Å². The second-order valence-electron chi connectivity index (χ2n) is 5.19. The summed E-state index contributed by atoms with van der Waals surface area (Å²) in [7, 11) is 1.44. The van der Waals surface area contributed by atoms with Gasteiger partial charge in [-0.2, -0.15) is 0 Å². The summed E-state index contributed by atoms with van der Waals surface area (Å²) in [6.07, 6.45) is 0. The van der Waals surface area contributed by atoms with Crippen molar-refractivity contribution < 1.29 is 28.4 Å². The van der Waals surface area contributed by atoms with Gasteiger partial charge in [0.25, 0.3) is 5.91 Å². The molecule has 0 saturated heterocycles. The van der Waals surface area contributed by atoms with Crippen LogP contribution in [-0.4, -0.2) is 23.0 Å². The third-order valence-electron chi connectivity index (χ3n) is 3.55. The average Bonchev–Trinajstić information content (AvgIpc) is 3.31. The van der Waals surface area contributed by atoms with Crippen molar-refractivity contribution in [2.45, 2.75) is 6.61 Å². The number of nitrogens with zero attached hydrogens (tertiary/aromatic N) is 1. The fourth-order valence-electron chi connectivity index (χ4n) is 2.31. The summed E-state index contributed by atoms with van der Waals surface area (Å²) in [6.45, 7) is -0.225. The minimum atomic E-state index is -0.729. The van der Waals surface area contributed by atoms with Crippen LogP contribution in [0.3, 0.4) is 0 Å². The number of anilines is 1. The lowest BCUT2D eigenvalue weighted by molar-refractivity contribution is -0.402. The van der Waals surface area contributed by atoms with Crippen LogP contribution in [0.4, 0.5) is 11.6 Å². The SMILES string of the molecule is COc1ccc(-c2ccc(CO)o2)cc1NC(=O)c1ccc([N+](=O)[O-])o1. The molecule has 0 fully saturated rings. The molecule has 3 rings (SSSR count). The van der Waals surface area contributed by atoms with Gasteiger partial charge in [0.15, 0.2) is 5.76 Å². The number of nitrogens with one attached hydrogen (secondary N) is 1. The highest BCUT2D eigenvalue weighted by Gasteiger charge is 2.19. The minimum Gasteiger partial charge on any atom is -0.495 e. The number of hydrogen-bond acceptors (Lipinski definition) is 7. The number of carbonyl (C=O) groups excluding carboxylic acids is 1. The number of carbonyl (C=O) groups is 1. The molecule has 2 N–H and O–H groups in total. The first-order valence-electron chi connectivity index (χ1n) is 7.45. The number of amides is 1. The second-order valence-corrected chi connectivity index (χ2v) is 5.19. The van der Waals surface area contributed by atoms with Crippen LogP contribution >= 0.6 is 0 Å². The van der Waals surface area contributed by atoms with Crippen molar-refractivity contribution in [1.29, 1.82) is 0 Å². The molecule has 0 aliphatic rings. The molecule has 0 unspecified atom stereocenters. The third kappa shape index (κ3) is 3.42. The van der Waals surface area contributed by atoms with Crippen LogP contribution < -0.4 is 10.1 Å². The number of methoxy groups -OCH3 is 1. The first-order chi connectivity index (χ1) is 12.5. The largest absolute Gasteiger partial charge is 0.495 e. The van der Waals surface area contributed by atoms with Gasteiger partial charge < -0.3 is 24.0 Å². The van der Waals surface area contributed by atoms with Gasteiger partial charge in [-0.05, 0) is 36.4 Å². The van der Waals surface area contributed by atoms with E-state index in [4.69, 9.17) is 18.7 Å². The van der Waals surface area contributed by atoms with Crippen molar-refractivity contribution in [3.8, 4) is 17.1 Å². The van der Waals surface area contributed by atoms with E-state index in [1.807, 2.05) is 0 Å². The smallest absolute Gasteiger partial charge is 0.433 e. The molecule has 134 valence electrons. The van der Waals surface area contributed by atoms with Crippen LogP contribution in [0, 0.1) is 10.1 Å². The molecule has 0 saturated carbocycles. The molecule has 1 amide bonds. The predicted octanol–water partition coefficient (Wildman–Crippen LogP) is 3.20. The summed E-state index contributed by atoms with van der Waals surface area (Å²) in [5.74, 6) is -0.0982. The van der Waals surface area contributed by atoms with Gasteiger partial charge in [-0.1, -0.05) is 0 Å². The van der Waals surface area contributed by atoms with Crippen molar-refractivity contribution in [2.24, 2.45) is 0 Å². The number of aliphatic hydroxyl groups excluding tert-OH is 1. The molecule has 0 spiro atoms. The molecule has 2 heterocycles. The molecule has 1 aromatic carbocycles. The fourth-order valence-corrected chi connectivity index (χ4v) is 2.31. The molecule has 2 aromatic heterocycles. The van der Waals surface area contributed by atoms with Crippen molar-refractivity contribution >= 4 is 17.5 Å². The van der Waals surface area contributed by atoms with Gasteiger partial charge >= 0.3 is 5.88 Å².